The largest absolute Gasteiger partial charge is 0.522 e. The lowest BCUT2D eigenvalue weighted by Gasteiger charge is -2.40. The molecule has 0 fully saturated rings. The molecule has 172 valence electrons. The maximum atomic E-state index is 13.3. The number of H-pyrrole nitrogens is 1. The Morgan fingerprint density at radius 3 is 2.23 bits per heavy atom. The molecular formula is C16H14ClF6N3O4S. The number of hydrogen-bond acceptors (Lipinski definition) is 5. The van der Waals surface area contributed by atoms with Gasteiger partial charge < -0.3 is 0 Å². The van der Waals surface area contributed by atoms with Crippen LogP contribution in [0.4, 0.5) is 26.3 Å². The number of benzene rings is 1. The van der Waals surface area contributed by atoms with Gasteiger partial charge in [0.05, 0.1) is 36.4 Å². The molecule has 1 aromatic carbocycles. The van der Waals surface area contributed by atoms with Gasteiger partial charge in [0.2, 0.25) is 10.0 Å². The molecule has 1 aliphatic heterocycles. The molecule has 0 amide bonds. The van der Waals surface area contributed by atoms with Crippen molar-refractivity contribution in [3.05, 3.63) is 46.7 Å². The first-order chi connectivity index (χ1) is 14.3. The molecule has 2 heterocycles. The SMILES string of the molecule is O=S(=O)(c1ccc(Cl)cc1)N1C(COC(F)(F)F)Cc2[nH]ncc2C1COC(F)(F)F. The number of alkyl halides is 6. The van der Waals surface area contributed by atoms with E-state index in [0.717, 1.165) is 18.3 Å². The molecule has 31 heavy (non-hydrogen) atoms. The Hall–Kier alpha value is -1.87. The lowest BCUT2D eigenvalue weighted by Crippen LogP contribution is -2.51. The topological polar surface area (TPSA) is 84.5 Å². The van der Waals surface area contributed by atoms with E-state index in [-0.39, 0.29) is 27.6 Å². The summed E-state index contributed by atoms with van der Waals surface area (Å²) in [5, 5.41) is 6.33. The zero-order valence-electron chi connectivity index (χ0n) is 15.2. The molecule has 2 aromatic rings. The monoisotopic (exact) mass is 493 g/mol. The Balaban J connectivity index is 2.06. The van der Waals surface area contributed by atoms with Crippen LogP contribution in [0, 0.1) is 0 Å². The minimum Gasteiger partial charge on any atom is -0.290 e. The third kappa shape index (κ3) is 5.68. The smallest absolute Gasteiger partial charge is 0.290 e. The number of hydrogen-bond donors (Lipinski definition) is 1. The highest BCUT2D eigenvalue weighted by atomic mass is 35.5. The quantitative estimate of drug-likeness (QED) is 0.619. The minimum atomic E-state index is -5.10. The van der Waals surface area contributed by atoms with Crippen LogP contribution < -0.4 is 0 Å². The molecule has 15 heteroatoms. The van der Waals surface area contributed by atoms with Crippen LogP contribution in [0.1, 0.15) is 17.3 Å². The Morgan fingerprint density at radius 1 is 1.06 bits per heavy atom. The van der Waals surface area contributed by atoms with Crippen LogP contribution in [0.15, 0.2) is 35.4 Å². The van der Waals surface area contributed by atoms with E-state index >= 15 is 0 Å². The van der Waals surface area contributed by atoms with E-state index in [2.05, 4.69) is 19.7 Å². The predicted molar refractivity (Wildman–Crippen MR) is 93.3 cm³/mol. The van der Waals surface area contributed by atoms with Gasteiger partial charge in [0.1, 0.15) is 0 Å². The molecule has 0 saturated heterocycles. The van der Waals surface area contributed by atoms with Crippen molar-refractivity contribution in [2.75, 3.05) is 13.2 Å². The van der Waals surface area contributed by atoms with Crippen LogP contribution in [-0.2, 0) is 25.9 Å². The lowest BCUT2D eigenvalue weighted by atomic mass is 9.97. The maximum absolute atomic E-state index is 13.3. The molecule has 0 bridgehead atoms. The summed E-state index contributed by atoms with van der Waals surface area (Å²) >= 11 is 5.75. The first kappa shape index (κ1) is 23.8. The van der Waals surface area contributed by atoms with Gasteiger partial charge in [-0.1, -0.05) is 11.6 Å². The fourth-order valence-electron chi connectivity index (χ4n) is 3.24. The summed E-state index contributed by atoms with van der Waals surface area (Å²) < 4.78 is 111. The number of halogens is 7. The Bertz CT molecular complexity index is 1010. The summed E-state index contributed by atoms with van der Waals surface area (Å²) in [5.41, 5.74) is 0.221. The molecule has 3 rings (SSSR count). The van der Waals surface area contributed by atoms with Crippen LogP contribution in [-0.4, -0.2) is 54.9 Å². The number of rotatable bonds is 6. The summed E-state index contributed by atoms with van der Waals surface area (Å²) in [4.78, 5) is -0.377. The highest BCUT2D eigenvalue weighted by molar-refractivity contribution is 7.89. The Labute approximate surface area is 176 Å². The zero-order valence-corrected chi connectivity index (χ0v) is 16.8. The number of fused-ring (bicyclic) bond motifs is 1. The van der Waals surface area contributed by atoms with E-state index in [1.54, 1.807) is 0 Å². The fourth-order valence-corrected chi connectivity index (χ4v) is 5.13. The molecule has 0 saturated carbocycles. The molecule has 1 N–H and O–H groups in total. The van der Waals surface area contributed by atoms with E-state index in [1.165, 1.54) is 12.1 Å². The Kier molecular flexibility index (Phi) is 6.58. The minimum absolute atomic E-state index is 0.0463. The lowest BCUT2D eigenvalue weighted by molar-refractivity contribution is -0.332. The van der Waals surface area contributed by atoms with Gasteiger partial charge >= 0.3 is 12.7 Å². The molecular weight excluding hydrogens is 480 g/mol. The van der Waals surface area contributed by atoms with Gasteiger partial charge in [0.25, 0.3) is 0 Å². The molecule has 7 nitrogen and oxygen atoms in total. The van der Waals surface area contributed by atoms with E-state index in [0.29, 0.717) is 4.31 Å². The number of aromatic nitrogens is 2. The van der Waals surface area contributed by atoms with Crippen molar-refractivity contribution in [1.29, 1.82) is 0 Å². The molecule has 0 radical (unpaired) electrons. The van der Waals surface area contributed by atoms with E-state index in [4.69, 9.17) is 11.6 Å². The summed E-state index contributed by atoms with van der Waals surface area (Å²) in [5.74, 6) is 0. The summed E-state index contributed by atoms with van der Waals surface area (Å²) in [6, 6.07) is 1.51. The molecule has 2 atom stereocenters. The molecule has 1 aromatic heterocycles. The highest BCUT2D eigenvalue weighted by Gasteiger charge is 2.46. The van der Waals surface area contributed by atoms with Crippen molar-refractivity contribution < 1.29 is 44.2 Å². The number of sulfonamides is 1. The van der Waals surface area contributed by atoms with Crippen LogP contribution in [0.3, 0.4) is 0 Å². The maximum Gasteiger partial charge on any atom is 0.522 e. The number of nitrogens with one attached hydrogen (secondary N) is 1. The van der Waals surface area contributed by atoms with E-state index in [9.17, 15) is 34.8 Å². The highest BCUT2D eigenvalue weighted by Crippen LogP contribution is 2.39. The van der Waals surface area contributed by atoms with Gasteiger partial charge in [-0.15, -0.1) is 26.3 Å². The van der Waals surface area contributed by atoms with Gasteiger partial charge in [-0.2, -0.15) is 9.40 Å². The second kappa shape index (κ2) is 8.58. The number of nitrogens with zero attached hydrogens (tertiary/aromatic N) is 2. The first-order valence-electron chi connectivity index (χ1n) is 8.50. The van der Waals surface area contributed by atoms with Crippen molar-refractivity contribution in [2.45, 2.75) is 36.1 Å². The van der Waals surface area contributed by atoms with Crippen molar-refractivity contribution >= 4 is 21.6 Å². The second-order valence-corrected chi connectivity index (χ2v) is 8.76. The van der Waals surface area contributed by atoms with Crippen molar-refractivity contribution in [3.63, 3.8) is 0 Å². The van der Waals surface area contributed by atoms with E-state index in [1.807, 2.05) is 0 Å². The second-order valence-electron chi connectivity index (χ2n) is 6.48. The first-order valence-corrected chi connectivity index (χ1v) is 10.3. The number of ether oxygens (including phenoxy) is 2. The van der Waals surface area contributed by atoms with Crippen LogP contribution in [0.2, 0.25) is 5.02 Å². The average molecular weight is 494 g/mol. The average Bonchev–Trinajstić information content (AvgIpc) is 3.11. The van der Waals surface area contributed by atoms with Crippen molar-refractivity contribution in [3.8, 4) is 0 Å². The normalized spacial score (nSPS) is 20.6. The molecule has 1 aliphatic rings. The third-order valence-corrected chi connectivity index (χ3v) is 6.68. The van der Waals surface area contributed by atoms with Gasteiger partial charge in [-0.25, -0.2) is 8.42 Å². The summed E-state index contributed by atoms with van der Waals surface area (Å²) in [6.07, 6.45) is -9.39. The van der Waals surface area contributed by atoms with Gasteiger partial charge in [0.15, 0.2) is 0 Å². The predicted octanol–water partition coefficient (Wildman–Crippen LogP) is 3.79. The zero-order chi connectivity index (χ0) is 23.0. The van der Waals surface area contributed by atoms with Gasteiger partial charge in [0, 0.05) is 22.7 Å². The molecule has 0 spiro atoms. The van der Waals surface area contributed by atoms with Gasteiger partial charge in [-0.3, -0.25) is 14.6 Å². The van der Waals surface area contributed by atoms with Crippen molar-refractivity contribution in [1.82, 2.24) is 14.5 Å². The van der Waals surface area contributed by atoms with Crippen molar-refractivity contribution in [2.24, 2.45) is 0 Å². The Morgan fingerprint density at radius 2 is 1.65 bits per heavy atom. The fraction of sp³-hybridized carbons (Fsp3) is 0.438. The standard InChI is InChI=1S/C16H14ClF6N3O4S/c17-9-1-3-11(4-2-9)31(27,28)26-10(7-29-15(18,19)20)5-13-12(6-24-25-13)14(26)8-30-16(21,22)23/h1-4,6,10,14H,5,7-8H2,(H,24,25). The molecule has 0 aliphatic carbocycles. The summed E-state index contributed by atoms with van der Waals surface area (Å²) in [7, 11) is -4.59. The van der Waals surface area contributed by atoms with Crippen LogP contribution in [0.25, 0.3) is 0 Å². The third-order valence-electron chi connectivity index (χ3n) is 4.45. The van der Waals surface area contributed by atoms with Gasteiger partial charge in [-0.05, 0) is 24.3 Å². The molecule has 2 unspecified atom stereocenters. The summed E-state index contributed by atoms with van der Waals surface area (Å²) in [6.45, 7) is -2.36. The van der Waals surface area contributed by atoms with Crippen LogP contribution >= 0.6 is 11.6 Å². The van der Waals surface area contributed by atoms with E-state index < -0.39 is 48.0 Å². The van der Waals surface area contributed by atoms with Crippen LogP contribution in [0.5, 0.6) is 0 Å². The number of aromatic amines is 1.